The Morgan fingerprint density at radius 2 is 2.10 bits per heavy atom. The van der Waals surface area contributed by atoms with Gasteiger partial charge in [-0.1, -0.05) is 6.07 Å². The van der Waals surface area contributed by atoms with Crippen LogP contribution >= 0.6 is 0 Å². The summed E-state index contributed by atoms with van der Waals surface area (Å²) in [7, 11) is 0. The quantitative estimate of drug-likeness (QED) is 0.911. The van der Waals surface area contributed by atoms with E-state index in [4.69, 9.17) is 5.73 Å². The van der Waals surface area contributed by atoms with Gasteiger partial charge in [-0.15, -0.1) is 0 Å². The molecule has 2 atom stereocenters. The maximum Gasteiger partial charge on any atom is 0.312 e. The first-order valence-corrected chi connectivity index (χ1v) is 6.52. The summed E-state index contributed by atoms with van der Waals surface area (Å²) in [6.45, 7) is 0. The number of primary amides is 1. The van der Waals surface area contributed by atoms with E-state index in [2.05, 4.69) is 10.3 Å². The predicted molar refractivity (Wildman–Crippen MR) is 73.5 cm³/mol. The molecular weight excluding hydrogens is 276 g/mol. The smallest absolute Gasteiger partial charge is 0.312 e. The lowest BCUT2D eigenvalue weighted by Crippen LogP contribution is -2.31. The van der Waals surface area contributed by atoms with Crippen molar-refractivity contribution in [2.45, 2.75) is 18.4 Å². The van der Waals surface area contributed by atoms with Gasteiger partial charge in [-0.05, 0) is 30.2 Å². The summed E-state index contributed by atoms with van der Waals surface area (Å²) in [6.07, 6.45) is 2.46. The van der Waals surface area contributed by atoms with Crippen molar-refractivity contribution in [2.24, 2.45) is 5.73 Å². The van der Waals surface area contributed by atoms with Crippen molar-refractivity contribution in [2.75, 3.05) is 0 Å². The van der Waals surface area contributed by atoms with Gasteiger partial charge >= 0.3 is 6.03 Å². The molecule has 1 aliphatic rings. The van der Waals surface area contributed by atoms with Crippen LogP contribution in [0.5, 0.6) is 0 Å². The molecule has 4 nitrogen and oxygen atoms in total. The van der Waals surface area contributed by atoms with E-state index < -0.39 is 17.7 Å². The molecule has 1 aliphatic carbocycles. The van der Waals surface area contributed by atoms with Crippen molar-refractivity contribution in [3.8, 4) is 11.3 Å². The van der Waals surface area contributed by atoms with Crippen LogP contribution in [0.4, 0.5) is 13.6 Å². The molecule has 0 bridgehead atoms. The van der Waals surface area contributed by atoms with Crippen LogP contribution in [-0.2, 0) is 0 Å². The van der Waals surface area contributed by atoms with E-state index in [1.807, 2.05) is 6.07 Å². The number of nitrogens with one attached hydrogen (secondary N) is 1. The summed E-state index contributed by atoms with van der Waals surface area (Å²) >= 11 is 0. The molecule has 2 aromatic rings. The topological polar surface area (TPSA) is 68.0 Å². The molecule has 108 valence electrons. The highest BCUT2D eigenvalue weighted by Gasteiger charge is 2.39. The molecule has 0 spiro atoms. The van der Waals surface area contributed by atoms with Gasteiger partial charge in [-0.3, -0.25) is 4.98 Å². The standard InChI is InChI=1S/C15H13F2N3O/c16-9-2-3-10(12(17)5-9)13-4-1-8(7-19-13)11-6-14(11)20-15(18)21/h1-5,7,11,14H,6H2,(H3,18,20,21). The maximum absolute atomic E-state index is 13.7. The minimum Gasteiger partial charge on any atom is -0.352 e. The predicted octanol–water partition coefficient (Wildman–Crippen LogP) is 2.55. The number of hydrogen-bond acceptors (Lipinski definition) is 2. The second kappa shape index (κ2) is 5.12. The Morgan fingerprint density at radius 3 is 2.71 bits per heavy atom. The lowest BCUT2D eigenvalue weighted by atomic mass is 10.1. The molecule has 3 rings (SSSR count). The number of rotatable bonds is 3. The second-order valence-electron chi connectivity index (χ2n) is 5.06. The van der Waals surface area contributed by atoms with Gasteiger partial charge in [-0.25, -0.2) is 13.6 Å². The Bertz CT molecular complexity index is 688. The van der Waals surface area contributed by atoms with Crippen LogP contribution in [0.25, 0.3) is 11.3 Å². The van der Waals surface area contributed by atoms with E-state index in [1.54, 1.807) is 12.3 Å². The van der Waals surface area contributed by atoms with Crippen LogP contribution in [0.3, 0.4) is 0 Å². The molecule has 2 amide bonds. The molecule has 3 N–H and O–H groups in total. The van der Waals surface area contributed by atoms with Gasteiger partial charge in [0.05, 0.1) is 5.69 Å². The fraction of sp³-hybridized carbons (Fsp3) is 0.200. The van der Waals surface area contributed by atoms with Crippen LogP contribution in [0, 0.1) is 11.6 Å². The van der Waals surface area contributed by atoms with Gasteiger partial charge in [0.25, 0.3) is 0 Å². The molecule has 1 saturated carbocycles. The van der Waals surface area contributed by atoms with Gasteiger partial charge in [0, 0.05) is 29.8 Å². The van der Waals surface area contributed by atoms with Crippen molar-refractivity contribution in [3.63, 3.8) is 0 Å². The molecule has 1 aromatic carbocycles. The molecule has 2 unspecified atom stereocenters. The number of urea groups is 1. The summed E-state index contributed by atoms with van der Waals surface area (Å²) in [4.78, 5) is 15.0. The number of pyridine rings is 1. The van der Waals surface area contributed by atoms with E-state index >= 15 is 0 Å². The summed E-state index contributed by atoms with van der Waals surface area (Å²) in [5.41, 5.74) is 6.72. The van der Waals surface area contributed by atoms with Crippen LogP contribution in [0.15, 0.2) is 36.5 Å². The number of aromatic nitrogens is 1. The number of hydrogen-bond donors (Lipinski definition) is 2. The number of carbonyl (C=O) groups excluding carboxylic acids is 1. The fourth-order valence-corrected chi connectivity index (χ4v) is 2.39. The molecule has 1 fully saturated rings. The SMILES string of the molecule is NC(=O)NC1CC1c1ccc(-c2ccc(F)cc2F)nc1. The molecule has 0 radical (unpaired) electrons. The Labute approximate surface area is 120 Å². The fourth-order valence-electron chi connectivity index (χ4n) is 2.39. The Kier molecular flexibility index (Phi) is 3.29. The number of nitrogens with zero attached hydrogens (tertiary/aromatic N) is 1. The average molecular weight is 289 g/mol. The summed E-state index contributed by atoms with van der Waals surface area (Å²) in [6, 6.07) is 6.41. The number of amides is 2. The number of benzene rings is 1. The van der Waals surface area contributed by atoms with Crippen molar-refractivity contribution >= 4 is 6.03 Å². The zero-order chi connectivity index (χ0) is 15.0. The third kappa shape index (κ3) is 2.84. The van der Waals surface area contributed by atoms with E-state index in [-0.39, 0.29) is 17.5 Å². The molecular formula is C15H13F2N3O. The van der Waals surface area contributed by atoms with E-state index in [0.29, 0.717) is 5.69 Å². The third-order valence-corrected chi connectivity index (χ3v) is 3.54. The van der Waals surface area contributed by atoms with Gasteiger partial charge in [-0.2, -0.15) is 0 Å². The third-order valence-electron chi connectivity index (χ3n) is 3.54. The van der Waals surface area contributed by atoms with Crippen molar-refractivity contribution in [3.05, 3.63) is 53.7 Å². The Morgan fingerprint density at radius 1 is 1.29 bits per heavy atom. The Balaban J connectivity index is 1.77. The van der Waals surface area contributed by atoms with Crippen LogP contribution in [0.1, 0.15) is 17.9 Å². The normalized spacial score (nSPS) is 20.1. The lowest BCUT2D eigenvalue weighted by molar-refractivity contribution is 0.248. The van der Waals surface area contributed by atoms with Crippen molar-refractivity contribution in [1.82, 2.24) is 10.3 Å². The summed E-state index contributed by atoms with van der Waals surface area (Å²) < 4.78 is 26.6. The molecule has 0 aliphatic heterocycles. The molecule has 1 heterocycles. The van der Waals surface area contributed by atoms with E-state index in [9.17, 15) is 13.6 Å². The summed E-state index contributed by atoms with van der Waals surface area (Å²) in [5.74, 6) is -1.07. The minimum absolute atomic E-state index is 0.0395. The van der Waals surface area contributed by atoms with Gasteiger partial charge in [0.15, 0.2) is 0 Å². The molecule has 21 heavy (non-hydrogen) atoms. The largest absolute Gasteiger partial charge is 0.352 e. The molecule has 0 saturated heterocycles. The molecule has 1 aromatic heterocycles. The minimum atomic E-state index is -0.644. The zero-order valence-corrected chi connectivity index (χ0v) is 11.0. The Hall–Kier alpha value is -2.50. The summed E-state index contributed by atoms with van der Waals surface area (Å²) in [5, 5.41) is 2.64. The highest BCUT2D eigenvalue weighted by atomic mass is 19.1. The van der Waals surface area contributed by atoms with Crippen molar-refractivity contribution < 1.29 is 13.6 Å². The van der Waals surface area contributed by atoms with E-state index in [0.717, 1.165) is 18.1 Å². The van der Waals surface area contributed by atoms with Crippen LogP contribution in [-0.4, -0.2) is 17.1 Å². The first kappa shape index (κ1) is 13.5. The van der Waals surface area contributed by atoms with Crippen molar-refractivity contribution in [1.29, 1.82) is 0 Å². The first-order valence-electron chi connectivity index (χ1n) is 6.52. The second-order valence-corrected chi connectivity index (χ2v) is 5.06. The monoisotopic (exact) mass is 289 g/mol. The maximum atomic E-state index is 13.7. The van der Waals surface area contributed by atoms with E-state index in [1.165, 1.54) is 12.1 Å². The lowest BCUT2D eigenvalue weighted by Gasteiger charge is -2.05. The first-order chi connectivity index (χ1) is 10.0. The number of carbonyl (C=O) groups is 1. The van der Waals surface area contributed by atoms with Crippen LogP contribution in [0.2, 0.25) is 0 Å². The zero-order valence-electron chi connectivity index (χ0n) is 11.0. The highest BCUT2D eigenvalue weighted by molar-refractivity contribution is 5.72. The number of halogens is 2. The highest BCUT2D eigenvalue weighted by Crippen LogP contribution is 2.40. The van der Waals surface area contributed by atoms with Crippen LogP contribution < -0.4 is 11.1 Å². The van der Waals surface area contributed by atoms with Gasteiger partial charge in [0.2, 0.25) is 0 Å². The van der Waals surface area contributed by atoms with Gasteiger partial charge < -0.3 is 11.1 Å². The van der Waals surface area contributed by atoms with Gasteiger partial charge in [0.1, 0.15) is 11.6 Å². The number of nitrogens with two attached hydrogens (primary N) is 1. The average Bonchev–Trinajstić information content (AvgIpc) is 3.17. The molecule has 6 heteroatoms.